The van der Waals surface area contributed by atoms with Crippen molar-refractivity contribution in [1.82, 2.24) is 0 Å². The van der Waals surface area contributed by atoms with Gasteiger partial charge in [-0.2, -0.15) is 10.2 Å². The second-order valence-corrected chi connectivity index (χ2v) is 7.28. The molecule has 0 aliphatic rings. The predicted octanol–water partition coefficient (Wildman–Crippen LogP) is 5.49. The van der Waals surface area contributed by atoms with Crippen LogP contribution in [0.3, 0.4) is 0 Å². The summed E-state index contributed by atoms with van der Waals surface area (Å²) >= 11 is 12.5. The molecule has 0 aliphatic heterocycles. The topological polar surface area (TPSA) is 108 Å². The van der Waals surface area contributed by atoms with Crippen LogP contribution in [0.15, 0.2) is 34.5 Å². The normalized spacial score (nSPS) is 11.7. The van der Waals surface area contributed by atoms with E-state index in [2.05, 4.69) is 15.5 Å². The summed E-state index contributed by atoms with van der Waals surface area (Å²) in [7, 11) is 2.87. The molecule has 1 unspecified atom stereocenters. The van der Waals surface area contributed by atoms with Gasteiger partial charge in [0, 0.05) is 12.1 Å². The number of ketones is 1. The Balaban J connectivity index is 2.36. The highest BCUT2D eigenvalue weighted by molar-refractivity contribution is 6.34. The summed E-state index contributed by atoms with van der Waals surface area (Å²) in [6.07, 6.45) is 0. The second-order valence-electron chi connectivity index (χ2n) is 6.50. The first-order valence-electron chi connectivity index (χ1n) is 9.99. The van der Waals surface area contributed by atoms with Crippen LogP contribution in [0.5, 0.6) is 23.0 Å². The molecule has 0 radical (unpaired) electrons. The minimum Gasteiger partial charge on any atom is -0.495 e. The van der Waals surface area contributed by atoms with E-state index in [0.29, 0.717) is 35.5 Å². The van der Waals surface area contributed by atoms with E-state index in [-0.39, 0.29) is 22.1 Å². The molecular weight excluding hydrogens is 473 g/mol. The van der Waals surface area contributed by atoms with Gasteiger partial charge in [0.25, 0.3) is 5.91 Å². The molecular formula is C22H25Cl2N3O6. The molecule has 1 amide bonds. The third-order valence-electron chi connectivity index (χ3n) is 4.28. The van der Waals surface area contributed by atoms with Crippen molar-refractivity contribution in [3.05, 3.63) is 34.3 Å². The second kappa shape index (κ2) is 12.3. The number of benzene rings is 2. The Kier molecular flexibility index (Phi) is 9.74. The molecule has 0 saturated carbocycles. The lowest BCUT2D eigenvalue weighted by molar-refractivity contribution is -0.126. The van der Waals surface area contributed by atoms with Crippen LogP contribution in [0.1, 0.15) is 20.8 Å². The van der Waals surface area contributed by atoms with Gasteiger partial charge in [-0.1, -0.05) is 23.2 Å². The van der Waals surface area contributed by atoms with Crippen molar-refractivity contribution in [1.29, 1.82) is 0 Å². The molecule has 33 heavy (non-hydrogen) atoms. The Labute approximate surface area is 202 Å². The standard InChI is InChI=1S/C22H25Cl2N3O6/c1-6-32-16-9-8-14(21(19(16)24)33-7-2)25-22(29)20(12(3)28)27-26-15-11-17(30-4)13(23)10-18(15)31-5/h8-11,20H,6-7H2,1-5H3,(H,25,29). The number of methoxy groups -OCH3 is 2. The van der Waals surface area contributed by atoms with Gasteiger partial charge in [0.1, 0.15) is 28.0 Å². The zero-order valence-electron chi connectivity index (χ0n) is 18.9. The van der Waals surface area contributed by atoms with Gasteiger partial charge in [-0.05, 0) is 32.9 Å². The maximum Gasteiger partial charge on any atom is 0.258 e. The van der Waals surface area contributed by atoms with Crippen molar-refractivity contribution in [2.75, 3.05) is 32.8 Å². The van der Waals surface area contributed by atoms with Crippen molar-refractivity contribution < 1.29 is 28.5 Å². The molecule has 2 aromatic carbocycles. The van der Waals surface area contributed by atoms with Crippen molar-refractivity contribution in [2.24, 2.45) is 10.2 Å². The highest BCUT2D eigenvalue weighted by Crippen LogP contribution is 2.41. The average Bonchev–Trinajstić information content (AvgIpc) is 2.78. The summed E-state index contributed by atoms with van der Waals surface area (Å²) in [6.45, 7) is 5.53. The Hall–Kier alpha value is -3.04. The molecule has 9 nitrogen and oxygen atoms in total. The van der Waals surface area contributed by atoms with E-state index < -0.39 is 17.7 Å². The number of carbonyl (C=O) groups is 2. The van der Waals surface area contributed by atoms with Crippen molar-refractivity contribution in [3.8, 4) is 23.0 Å². The third-order valence-corrected chi connectivity index (χ3v) is 4.93. The lowest BCUT2D eigenvalue weighted by Crippen LogP contribution is -2.32. The molecule has 0 aromatic heterocycles. The monoisotopic (exact) mass is 497 g/mol. The third kappa shape index (κ3) is 6.49. The average molecular weight is 498 g/mol. The zero-order chi connectivity index (χ0) is 24.5. The first kappa shape index (κ1) is 26.2. The van der Waals surface area contributed by atoms with Crippen molar-refractivity contribution >= 4 is 46.3 Å². The number of carbonyl (C=O) groups excluding carboxylic acids is 2. The molecule has 1 atom stereocenters. The summed E-state index contributed by atoms with van der Waals surface area (Å²) in [4.78, 5) is 25.1. The van der Waals surface area contributed by atoms with Crippen LogP contribution in [-0.4, -0.2) is 45.2 Å². The predicted molar refractivity (Wildman–Crippen MR) is 126 cm³/mol. The van der Waals surface area contributed by atoms with Gasteiger partial charge < -0.3 is 24.3 Å². The highest BCUT2D eigenvalue weighted by atomic mass is 35.5. The molecule has 0 heterocycles. The largest absolute Gasteiger partial charge is 0.495 e. The Bertz CT molecular complexity index is 1050. The van der Waals surface area contributed by atoms with Gasteiger partial charge in [0.15, 0.2) is 11.5 Å². The van der Waals surface area contributed by atoms with Gasteiger partial charge in [0.2, 0.25) is 6.04 Å². The molecule has 0 spiro atoms. The number of ether oxygens (including phenoxy) is 4. The minimum atomic E-state index is -1.43. The van der Waals surface area contributed by atoms with E-state index in [0.717, 1.165) is 0 Å². The Morgan fingerprint density at radius 2 is 1.67 bits per heavy atom. The summed E-state index contributed by atoms with van der Waals surface area (Å²) in [5, 5.41) is 11.1. The van der Waals surface area contributed by atoms with Gasteiger partial charge in [0.05, 0.1) is 38.1 Å². The fourth-order valence-electron chi connectivity index (χ4n) is 2.75. The number of halogens is 2. The summed E-state index contributed by atoms with van der Waals surface area (Å²) in [6, 6.07) is 4.71. The first-order valence-corrected chi connectivity index (χ1v) is 10.7. The number of hydrogen-bond acceptors (Lipinski definition) is 8. The molecule has 11 heteroatoms. The molecule has 0 bridgehead atoms. The molecule has 0 fully saturated rings. The van der Waals surface area contributed by atoms with E-state index in [1.165, 1.54) is 33.3 Å². The van der Waals surface area contributed by atoms with Crippen LogP contribution in [0, 0.1) is 0 Å². The number of azo groups is 1. The van der Waals surface area contributed by atoms with Crippen LogP contribution in [0.2, 0.25) is 10.0 Å². The fraction of sp³-hybridized carbons (Fsp3) is 0.364. The molecule has 178 valence electrons. The molecule has 2 rings (SSSR count). The van der Waals surface area contributed by atoms with Gasteiger partial charge in [-0.3, -0.25) is 9.59 Å². The van der Waals surface area contributed by atoms with E-state index in [1.54, 1.807) is 19.1 Å². The Morgan fingerprint density at radius 1 is 1.00 bits per heavy atom. The van der Waals surface area contributed by atoms with E-state index in [9.17, 15) is 9.59 Å². The van der Waals surface area contributed by atoms with Crippen molar-refractivity contribution in [2.45, 2.75) is 26.8 Å². The fourth-order valence-corrected chi connectivity index (χ4v) is 3.26. The van der Waals surface area contributed by atoms with E-state index in [1.807, 2.05) is 6.92 Å². The lowest BCUT2D eigenvalue weighted by Gasteiger charge is -2.17. The summed E-state index contributed by atoms with van der Waals surface area (Å²) < 4.78 is 21.5. The lowest BCUT2D eigenvalue weighted by atomic mass is 10.2. The number of nitrogens with zero attached hydrogens (tertiary/aromatic N) is 2. The minimum absolute atomic E-state index is 0.204. The summed E-state index contributed by atoms with van der Waals surface area (Å²) in [5.41, 5.74) is 0.499. The van der Waals surface area contributed by atoms with E-state index >= 15 is 0 Å². The van der Waals surface area contributed by atoms with Crippen LogP contribution < -0.4 is 24.3 Å². The summed E-state index contributed by atoms with van der Waals surface area (Å²) in [5.74, 6) is 0.0253. The maximum atomic E-state index is 12.9. The molecule has 1 N–H and O–H groups in total. The number of anilines is 1. The molecule has 0 saturated heterocycles. The number of amides is 1. The zero-order valence-corrected chi connectivity index (χ0v) is 20.4. The Morgan fingerprint density at radius 3 is 2.24 bits per heavy atom. The van der Waals surface area contributed by atoms with Gasteiger partial charge >= 0.3 is 0 Å². The van der Waals surface area contributed by atoms with Crippen LogP contribution in [0.25, 0.3) is 0 Å². The van der Waals surface area contributed by atoms with Gasteiger partial charge in [-0.25, -0.2) is 0 Å². The number of rotatable bonds is 11. The first-order chi connectivity index (χ1) is 15.8. The van der Waals surface area contributed by atoms with Crippen LogP contribution >= 0.6 is 23.2 Å². The number of nitrogens with one attached hydrogen (secondary N) is 1. The highest BCUT2D eigenvalue weighted by Gasteiger charge is 2.26. The molecule has 2 aromatic rings. The van der Waals surface area contributed by atoms with Crippen LogP contribution in [0.4, 0.5) is 11.4 Å². The maximum absolute atomic E-state index is 12.9. The quantitative estimate of drug-likeness (QED) is 0.324. The SMILES string of the molecule is CCOc1ccc(NC(=O)C(N=Nc2cc(OC)c(Cl)cc2OC)C(C)=O)c(OCC)c1Cl. The number of hydrogen-bond donors (Lipinski definition) is 1. The smallest absolute Gasteiger partial charge is 0.258 e. The van der Waals surface area contributed by atoms with E-state index in [4.69, 9.17) is 42.1 Å². The van der Waals surface area contributed by atoms with Crippen LogP contribution in [-0.2, 0) is 9.59 Å². The molecule has 0 aliphatic carbocycles. The van der Waals surface area contributed by atoms with Gasteiger partial charge in [-0.15, -0.1) is 0 Å². The van der Waals surface area contributed by atoms with Crippen molar-refractivity contribution in [3.63, 3.8) is 0 Å². The number of Topliss-reactive ketones (excluding diaryl/α,β-unsaturated/α-hetero) is 1.